The van der Waals surface area contributed by atoms with Gasteiger partial charge in [0.15, 0.2) is 0 Å². The van der Waals surface area contributed by atoms with Crippen molar-refractivity contribution in [3.8, 4) is 22.3 Å². The number of hydrogen-bond donors (Lipinski definition) is 0. The van der Waals surface area contributed by atoms with Gasteiger partial charge in [0, 0.05) is 5.56 Å². The van der Waals surface area contributed by atoms with Gasteiger partial charge in [-0.3, -0.25) is 0 Å². The molecule has 0 aliphatic carbocycles. The first-order chi connectivity index (χ1) is 11.8. The maximum atomic E-state index is 14.4. The van der Waals surface area contributed by atoms with Gasteiger partial charge in [0.1, 0.15) is 5.82 Å². The molecule has 4 aromatic rings. The van der Waals surface area contributed by atoms with Crippen molar-refractivity contribution in [2.45, 2.75) is 0 Å². The van der Waals surface area contributed by atoms with E-state index in [1.165, 1.54) is 6.07 Å². The first-order valence-corrected chi connectivity index (χ1v) is 7.94. The minimum atomic E-state index is -0.218. The van der Waals surface area contributed by atoms with Crippen LogP contribution in [0.3, 0.4) is 0 Å². The Morgan fingerprint density at radius 1 is 0.583 bits per heavy atom. The lowest BCUT2D eigenvalue weighted by Gasteiger charge is -2.16. The molecule has 0 atom stereocenters. The summed E-state index contributed by atoms with van der Waals surface area (Å²) in [7, 11) is 0. The second-order valence-electron chi connectivity index (χ2n) is 5.85. The Labute approximate surface area is 141 Å². The molecule has 24 heavy (non-hydrogen) atoms. The molecule has 0 spiro atoms. The predicted octanol–water partition coefficient (Wildman–Crippen LogP) is 6.50. The van der Waals surface area contributed by atoms with Crippen LogP contribution in [0.25, 0.3) is 33.0 Å². The normalized spacial score (nSPS) is 10.9. The summed E-state index contributed by atoms with van der Waals surface area (Å²) in [6.45, 7) is 4.20. The predicted molar refractivity (Wildman–Crippen MR) is 99.2 cm³/mol. The fourth-order valence-corrected chi connectivity index (χ4v) is 3.27. The fourth-order valence-electron chi connectivity index (χ4n) is 3.27. The highest BCUT2D eigenvalue weighted by Gasteiger charge is 2.14. The number of hydrogen-bond acceptors (Lipinski definition) is 0. The summed E-state index contributed by atoms with van der Waals surface area (Å²) in [4.78, 5) is 0. The van der Waals surface area contributed by atoms with Crippen LogP contribution in [0, 0.1) is 12.7 Å². The highest BCUT2D eigenvalue weighted by Crippen LogP contribution is 2.39. The van der Waals surface area contributed by atoms with Crippen molar-refractivity contribution in [2.75, 3.05) is 0 Å². The van der Waals surface area contributed by atoms with Crippen LogP contribution in [0.4, 0.5) is 4.39 Å². The van der Waals surface area contributed by atoms with Crippen molar-refractivity contribution in [3.05, 3.63) is 103 Å². The van der Waals surface area contributed by atoms with Crippen LogP contribution in [0.5, 0.6) is 0 Å². The van der Waals surface area contributed by atoms with Crippen molar-refractivity contribution in [1.29, 1.82) is 0 Å². The Kier molecular flexibility index (Phi) is 3.62. The zero-order chi connectivity index (χ0) is 16.5. The Balaban J connectivity index is 2.08. The number of rotatable bonds is 2. The monoisotopic (exact) mass is 311 g/mol. The zero-order valence-electron chi connectivity index (χ0n) is 13.2. The lowest BCUT2D eigenvalue weighted by atomic mass is 9.88. The molecule has 4 aromatic carbocycles. The van der Waals surface area contributed by atoms with Crippen molar-refractivity contribution in [1.82, 2.24) is 0 Å². The molecule has 0 aliphatic heterocycles. The molecule has 0 N–H and O–H groups in total. The van der Waals surface area contributed by atoms with E-state index in [2.05, 4.69) is 31.2 Å². The molecule has 0 aromatic heterocycles. The minimum absolute atomic E-state index is 0.218. The average molecular weight is 311 g/mol. The van der Waals surface area contributed by atoms with E-state index >= 15 is 0 Å². The lowest BCUT2D eigenvalue weighted by molar-refractivity contribution is 0.631. The largest absolute Gasteiger partial charge is 0.206 e. The molecule has 115 valence electrons. The van der Waals surface area contributed by atoms with Gasteiger partial charge in [-0.25, -0.2) is 4.39 Å². The number of halogens is 1. The molecule has 0 nitrogen and oxygen atoms in total. The molecule has 0 amide bonds. The Morgan fingerprint density at radius 2 is 1.21 bits per heavy atom. The summed E-state index contributed by atoms with van der Waals surface area (Å²) in [5, 5.41) is 2.31. The van der Waals surface area contributed by atoms with E-state index in [4.69, 9.17) is 0 Å². The molecular weight excluding hydrogens is 295 g/mol. The van der Waals surface area contributed by atoms with Crippen LogP contribution in [-0.4, -0.2) is 0 Å². The third-order valence-electron chi connectivity index (χ3n) is 4.37. The van der Waals surface area contributed by atoms with Crippen LogP contribution >= 0.6 is 0 Å². The second kappa shape index (κ2) is 5.93. The number of benzene rings is 4. The Morgan fingerprint density at radius 3 is 2.08 bits per heavy atom. The third-order valence-corrected chi connectivity index (χ3v) is 4.37. The van der Waals surface area contributed by atoms with Gasteiger partial charge >= 0.3 is 0 Å². The minimum Gasteiger partial charge on any atom is -0.206 e. The quantitative estimate of drug-likeness (QED) is 0.396. The summed E-state index contributed by atoms with van der Waals surface area (Å²) < 4.78 is 14.4. The zero-order valence-corrected chi connectivity index (χ0v) is 13.2. The van der Waals surface area contributed by atoms with Crippen molar-refractivity contribution >= 4 is 10.8 Å². The van der Waals surface area contributed by atoms with Crippen LogP contribution in [0.2, 0.25) is 0 Å². The first kappa shape index (κ1) is 14.6. The van der Waals surface area contributed by atoms with Gasteiger partial charge in [0.05, 0.1) is 0 Å². The summed E-state index contributed by atoms with van der Waals surface area (Å²) >= 11 is 0. The smallest absolute Gasteiger partial charge is 0.131 e. The van der Waals surface area contributed by atoms with E-state index < -0.39 is 0 Å². The fraction of sp³-hybridized carbons (Fsp3) is 0. The van der Waals surface area contributed by atoms with E-state index in [1.54, 1.807) is 6.07 Å². The molecule has 0 bridgehead atoms. The van der Waals surface area contributed by atoms with Crippen LogP contribution in [-0.2, 0) is 0 Å². The Bertz CT molecular complexity index is 1030. The van der Waals surface area contributed by atoms with Crippen molar-refractivity contribution in [2.24, 2.45) is 0 Å². The first-order valence-electron chi connectivity index (χ1n) is 7.94. The summed E-state index contributed by atoms with van der Waals surface area (Å²) in [5.41, 5.74) is 4.44. The highest BCUT2D eigenvalue weighted by molar-refractivity contribution is 6.01. The molecule has 1 heteroatoms. The SMILES string of the molecule is [CH2]c1cccc(-c2ccccc2F)c1-c1cccc2ccccc12. The Hall–Kier alpha value is -2.93. The van der Waals surface area contributed by atoms with Crippen molar-refractivity contribution in [3.63, 3.8) is 0 Å². The van der Waals surface area contributed by atoms with Gasteiger partial charge in [0.25, 0.3) is 0 Å². The molecule has 4 rings (SSSR count). The molecule has 0 heterocycles. The van der Waals surface area contributed by atoms with Crippen LogP contribution in [0.15, 0.2) is 84.9 Å². The van der Waals surface area contributed by atoms with Gasteiger partial charge in [0.2, 0.25) is 0 Å². The van der Waals surface area contributed by atoms with E-state index in [9.17, 15) is 4.39 Å². The molecule has 0 unspecified atom stereocenters. The van der Waals surface area contributed by atoms with Crippen molar-refractivity contribution < 1.29 is 4.39 Å². The molecule has 0 fully saturated rings. The molecule has 1 radical (unpaired) electrons. The summed E-state index contributed by atoms with van der Waals surface area (Å²) in [6, 6.07) is 27.2. The van der Waals surface area contributed by atoms with E-state index in [-0.39, 0.29) is 5.82 Å². The van der Waals surface area contributed by atoms with Gasteiger partial charge in [-0.15, -0.1) is 0 Å². The highest BCUT2D eigenvalue weighted by atomic mass is 19.1. The average Bonchev–Trinajstić information content (AvgIpc) is 2.62. The van der Waals surface area contributed by atoms with Crippen LogP contribution in [0.1, 0.15) is 5.56 Å². The maximum Gasteiger partial charge on any atom is 0.131 e. The summed E-state index contributed by atoms with van der Waals surface area (Å²) in [6.07, 6.45) is 0. The summed E-state index contributed by atoms with van der Waals surface area (Å²) in [5.74, 6) is -0.218. The second-order valence-corrected chi connectivity index (χ2v) is 5.85. The lowest BCUT2D eigenvalue weighted by Crippen LogP contribution is -1.92. The molecule has 0 saturated heterocycles. The van der Waals surface area contributed by atoms with E-state index in [0.717, 1.165) is 33.0 Å². The van der Waals surface area contributed by atoms with E-state index in [0.29, 0.717) is 5.56 Å². The van der Waals surface area contributed by atoms with Gasteiger partial charge in [-0.2, -0.15) is 0 Å². The van der Waals surface area contributed by atoms with E-state index in [1.807, 2.05) is 48.5 Å². The topological polar surface area (TPSA) is 0 Å². The molecule has 0 saturated carbocycles. The molecular formula is C23H16F. The van der Waals surface area contributed by atoms with Gasteiger partial charge in [-0.1, -0.05) is 78.9 Å². The maximum absolute atomic E-state index is 14.4. The number of fused-ring (bicyclic) bond motifs is 1. The van der Waals surface area contributed by atoms with Crippen LogP contribution < -0.4 is 0 Å². The standard InChI is InChI=1S/C23H16F/c1-16-8-6-13-21(19-12-4-5-15-22(19)24)23(16)20-14-7-10-17-9-2-3-11-18(17)20/h2-15H,1H2. The van der Waals surface area contributed by atoms with Gasteiger partial charge in [-0.05, 0) is 46.0 Å². The third kappa shape index (κ3) is 2.39. The van der Waals surface area contributed by atoms with Gasteiger partial charge < -0.3 is 0 Å². The molecule has 0 aliphatic rings.